The van der Waals surface area contributed by atoms with Gasteiger partial charge in [-0.15, -0.1) is 11.8 Å². The number of H-pyrrole nitrogens is 1. The molecule has 0 fully saturated rings. The van der Waals surface area contributed by atoms with Crippen LogP contribution in [0.15, 0.2) is 42.6 Å². The first-order valence-electron chi connectivity index (χ1n) is 6.32. The monoisotopic (exact) mass is 283 g/mol. The van der Waals surface area contributed by atoms with Crippen molar-refractivity contribution in [2.45, 2.75) is 12.7 Å². The van der Waals surface area contributed by atoms with E-state index >= 15 is 0 Å². The van der Waals surface area contributed by atoms with Gasteiger partial charge in [0.15, 0.2) is 0 Å². The zero-order valence-electron chi connectivity index (χ0n) is 11.0. The second-order valence-electron chi connectivity index (χ2n) is 4.70. The molecule has 4 heteroatoms. The summed E-state index contributed by atoms with van der Waals surface area (Å²) in [5, 5.41) is 0. The van der Waals surface area contributed by atoms with Crippen molar-refractivity contribution < 1.29 is 9.59 Å². The van der Waals surface area contributed by atoms with Crippen LogP contribution in [0.5, 0.6) is 0 Å². The Morgan fingerprint density at radius 1 is 1.15 bits per heavy atom. The molecule has 0 spiro atoms. The van der Waals surface area contributed by atoms with Crippen molar-refractivity contribution in [2.75, 3.05) is 0 Å². The summed E-state index contributed by atoms with van der Waals surface area (Å²) in [4.78, 5) is 27.3. The van der Waals surface area contributed by atoms with Crippen molar-refractivity contribution in [1.29, 1.82) is 0 Å². The molecule has 0 saturated heterocycles. The topological polar surface area (TPSA) is 49.9 Å². The van der Waals surface area contributed by atoms with Crippen molar-refractivity contribution in [3.05, 3.63) is 65.0 Å². The molecule has 2 aromatic rings. The van der Waals surface area contributed by atoms with Crippen molar-refractivity contribution in [3.8, 4) is 0 Å². The Hall–Kier alpha value is -2.07. The van der Waals surface area contributed by atoms with Gasteiger partial charge in [-0.05, 0) is 18.1 Å². The maximum Gasteiger partial charge on any atom is 0.249 e. The maximum absolute atomic E-state index is 11.8. The summed E-state index contributed by atoms with van der Waals surface area (Å²) in [7, 11) is 0. The third-order valence-corrected chi connectivity index (χ3v) is 4.38. The molecule has 0 atom stereocenters. The van der Waals surface area contributed by atoms with Gasteiger partial charge in [-0.2, -0.15) is 0 Å². The van der Waals surface area contributed by atoms with Crippen LogP contribution < -0.4 is 0 Å². The lowest BCUT2D eigenvalue weighted by atomic mass is 10.00. The molecule has 1 aromatic carbocycles. The molecule has 1 N–H and O–H groups in total. The van der Waals surface area contributed by atoms with Crippen LogP contribution in [-0.2, 0) is 10.5 Å². The van der Waals surface area contributed by atoms with Crippen LogP contribution in [0.4, 0.5) is 0 Å². The second-order valence-corrected chi connectivity index (χ2v) is 5.72. The van der Waals surface area contributed by atoms with Crippen molar-refractivity contribution in [3.63, 3.8) is 0 Å². The van der Waals surface area contributed by atoms with Crippen molar-refractivity contribution in [1.82, 2.24) is 4.98 Å². The number of aromatic amines is 1. The highest BCUT2D eigenvalue weighted by Gasteiger charge is 2.28. The first-order valence-corrected chi connectivity index (χ1v) is 7.31. The van der Waals surface area contributed by atoms with E-state index in [4.69, 9.17) is 0 Å². The minimum Gasteiger partial charge on any atom is -0.358 e. The molecule has 1 aliphatic carbocycles. The van der Waals surface area contributed by atoms with Gasteiger partial charge in [0.05, 0.1) is 5.69 Å². The number of carbonyl (C=O) groups excluding carboxylic acids is 2. The molecule has 1 aliphatic rings. The molecule has 0 aliphatic heterocycles. The number of hydrogen-bond acceptors (Lipinski definition) is 3. The highest BCUT2D eigenvalue weighted by molar-refractivity contribution is 8.07. The highest BCUT2D eigenvalue weighted by atomic mass is 32.2. The predicted molar refractivity (Wildman–Crippen MR) is 80.6 cm³/mol. The van der Waals surface area contributed by atoms with Gasteiger partial charge in [0.2, 0.25) is 11.6 Å². The molecule has 0 saturated carbocycles. The standard InChI is InChI=1S/C16H13NO2S/c1-10-8-17-15-14(10)13(7-12(18)16(15)19)20-9-11-5-3-2-4-6-11/h2-8,17H,9H2,1H3. The lowest BCUT2D eigenvalue weighted by molar-refractivity contribution is -0.111. The van der Waals surface area contributed by atoms with Crippen LogP contribution in [0.2, 0.25) is 0 Å². The lowest BCUT2D eigenvalue weighted by Gasteiger charge is -2.13. The first kappa shape index (κ1) is 12.9. The van der Waals surface area contributed by atoms with E-state index in [0.29, 0.717) is 5.69 Å². The van der Waals surface area contributed by atoms with E-state index in [9.17, 15) is 9.59 Å². The average molecular weight is 283 g/mol. The number of benzene rings is 1. The van der Waals surface area contributed by atoms with Crippen LogP contribution >= 0.6 is 11.8 Å². The number of rotatable bonds is 3. The Balaban J connectivity index is 1.89. The summed E-state index contributed by atoms with van der Waals surface area (Å²) in [6.07, 6.45) is 3.23. The normalized spacial score (nSPS) is 14.2. The number of Topliss-reactive ketones (excluding diaryl/α,β-unsaturated/α-hetero) is 1. The van der Waals surface area contributed by atoms with E-state index in [1.807, 2.05) is 37.3 Å². The SMILES string of the molecule is Cc1c[nH]c2c1C(SCc1ccccc1)=CC(=O)C2=O. The second kappa shape index (κ2) is 5.13. The number of carbonyl (C=O) groups is 2. The van der Waals surface area contributed by atoms with Crippen LogP contribution in [0, 0.1) is 6.92 Å². The average Bonchev–Trinajstić information content (AvgIpc) is 2.85. The van der Waals surface area contributed by atoms with Gasteiger partial charge < -0.3 is 4.98 Å². The van der Waals surface area contributed by atoms with E-state index in [1.54, 1.807) is 18.0 Å². The molecule has 1 heterocycles. The van der Waals surface area contributed by atoms with Gasteiger partial charge in [-0.25, -0.2) is 0 Å². The van der Waals surface area contributed by atoms with E-state index < -0.39 is 11.6 Å². The molecule has 1 aromatic heterocycles. The number of allylic oxidation sites excluding steroid dienone is 1. The lowest BCUT2D eigenvalue weighted by Crippen LogP contribution is -2.18. The van der Waals surface area contributed by atoms with Crippen LogP contribution in [0.1, 0.15) is 27.2 Å². The third kappa shape index (κ3) is 2.23. The first-order chi connectivity index (χ1) is 9.66. The van der Waals surface area contributed by atoms with E-state index in [0.717, 1.165) is 21.8 Å². The van der Waals surface area contributed by atoms with Gasteiger partial charge in [0.25, 0.3) is 0 Å². The van der Waals surface area contributed by atoms with Gasteiger partial charge in [-0.1, -0.05) is 30.3 Å². The fourth-order valence-corrected chi connectivity index (χ4v) is 3.36. The Morgan fingerprint density at radius 3 is 2.65 bits per heavy atom. The summed E-state index contributed by atoms with van der Waals surface area (Å²) >= 11 is 1.59. The number of nitrogens with one attached hydrogen (secondary N) is 1. The Labute approximate surface area is 121 Å². The summed E-state index contributed by atoms with van der Waals surface area (Å²) in [6, 6.07) is 10.1. The molecule has 0 amide bonds. The minimum atomic E-state index is -0.449. The van der Waals surface area contributed by atoms with Crippen molar-refractivity contribution >= 4 is 28.2 Å². The number of thioether (sulfide) groups is 1. The molecule has 0 radical (unpaired) electrons. The Bertz CT molecular complexity index is 713. The van der Waals surface area contributed by atoms with Crippen molar-refractivity contribution in [2.24, 2.45) is 0 Å². The molecular weight excluding hydrogens is 270 g/mol. The van der Waals surface area contributed by atoms with Gasteiger partial charge in [-0.3, -0.25) is 9.59 Å². The smallest absolute Gasteiger partial charge is 0.249 e. The maximum atomic E-state index is 11.8. The van der Waals surface area contributed by atoms with Gasteiger partial charge in [0, 0.05) is 28.5 Å². The van der Waals surface area contributed by atoms with Gasteiger partial charge >= 0.3 is 0 Å². The predicted octanol–water partition coefficient (Wildman–Crippen LogP) is 3.36. The number of aryl methyl sites for hydroxylation is 1. The molecule has 0 bridgehead atoms. The molecule has 20 heavy (non-hydrogen) atoms. The fourth-order valence-electron chi connectivity index (χ4n) is 2.25. The molecule has 0 unspecified atom stereocenters. The molecule has 3 rings (SSSR count). The Kier molecular flexibility index (Phi) is 3.32. The van der Waals surface area contributed by atoms with E-state index in [2.05, 4.69) is 4.98 Å². The van der Waals surface area contributed by atoms with Gasteiger partial charge in [0.1, 0.15) is 0 Å². The molecule has 100 valence electrons. The van der Waals surface area contributed by atoms with Crippen LogP contribution in [-0.4, -0.2) is 16.6 Å². The zero-order chi connectivity index (χ0) is 14.1. The molecule has 3 nitrogen and oxygen atoms in total. The van der Waals surface area contributed by atoms with E-state index in [-0.39, 0.29) is 0 Å². The summed E-state index contributed by atoms with van der Waals surface area (Å²) in [6.45, 7) is 1.94. The Morgan fingerprint density at radius 2 is 1.90 bits per heavy atom. The zero-order valence-corrected chi connectivity index (χ0v) is 11.8. The minimum absolute atomic E-state index is 0.422. The quantitative estimate of drug-likeness (QED) is 0.879. The number of fused-ring (bicyclic) bond motifs is 1. The largest absolute Gasteiger partial charge is 0.358 e. The molecular formula is C16H13NO2S. The summed E-state index contributed by atoms with van der Waals surface area (Å²) < 4.78 is 0. The van der Waals surface area contributed by atoms with Crippen LogP contribution in [0.3, 0.4) is 0 Å². The van der Waals surface area contributed by atoms with E-state index in [1.165, 1.54) is 11.6 Å². The van der Waals surface area contributed by atoms with Crippen LogP contribution in [0.25, 0.3) is 4.91 Å². The number of hydrogen-bond donors (Lipinski definition) is 1. The number of ketones is 2. The fraction of sp³-hybridized carbons (Fsp3) is 0.125. The highest BCUT2D eigenvalue weighted by Crippen LogP contribution is 2.37. The number of aromatic nitrogens is 1. The third-order valence-electron chi connectivity index (χ3n) is 3.27. The summed E-state index contributed by atoms with van der Waals surface area (Å²) in [5.41, 5.74) is 3.48. The summed E-state index contributed by atoms with van der Waals surface area (Å²) in [5.74, 6) is -0.120.